The van der Waals surface area contributed by atoms with Crippen molar-refractivity contribution in [2.45, 2.75) is 25.8 Å². The summed E-state index contributed by atoms with van der Waals surface area (Å²) in [5, 5.41) is 11.8. The number of hydrogen-bond donors (Lipinski definition) is 1. The molecular weight excluding hydrogens is 368 g/mol. The second kappa shape index (κ2) is 6.88. The molecule has 0 radical (unpaired) electrons. The van der Waals surface area contributed by atoms with Crippen molar-refractivity contribution in [1.29, 1.82) is 0 Å². The number of aromatic nitrogens is 4. The Hall–Kier alpha value is -2.87. The van der Waals surface area contributed by atoms with E-state index in [2.05, 4.69) is 34.4 Å². The molecule has 2 fully saturated rings. The topological polar surface area (TPSA) is 76.7 Å². The molecule has 0 bridgehead atoms. The van der Waals surface area contributed by atoms with Crippen molar-refractivity contribution in [3.8, 4) is 17.0 Å². The van der Waals surface area contributed by atoms with Crippen molar-refractivity contribution >= 4 is 17.2 Å². The summed E-state index contributed by atoms with van der Waals surface area (Å²) < 4.78 is 9.76. The van der Waals surface area contributed by atoms with E-state index in [4.69, 9.17) is 4.74 Å². The van der Waals surface area contributed by atoms with E-state index in [0.717, 1.165) is 41.9 Å². The third-order valence-corrected chi connectivity index (χ3v) is 6.19. The van der Waals surface area contributed by atoms with Crippen molar-refractivity contribution in [2.24, 2.45) is 18.9 Å². The minimum absolute atomic E-state index is 0.0619. The van der Waals surface area contributed by atoms with Crippen LogP contribution in [0.15, 0.2) is 30.6 Å². The Kier molecular flexibility index (Phi) is 4.31. The molecule has 1 amide bonds. The van der Waals surface area contributed by atoms with Gasteiger partial charge in [0.2, 0.25) is 5.91 Å². The highest BCUT2D eigenvalue weighted by Gasteiger charge is 2.33. The van der Waals surface area contributed by atoms with Gasteiger partial charge in [0.15, 0.2) is 11.6 Å². The number of amides is 1. The Labute approximate surface area is 169 Å². The number of nitrogens with one attached hydrogen (secondary N) is 1. The quantitative estimate of drug-likeness (QED) is 0.695. The summed E-state index contributed by atoms with van der Waals surface area (Å²) in [7, 11) is 4.06. The van der Waals surface area contributed by atoms with Gasteiger partial charge in [-0.25, -0.2) is 4.52 Å². The van der Waals surface area contributed by atoms with Crippen LogP contribution in [0.5, 0.6) is 5.75 Å². The number of nitrogens with zero attached hydrogens (tertiary/aromatic N) is 5. The third kappa shape index (κ3) is 3.37. The molecule has 2 aliphatic rings. The van der Waals surface area contributed by atoms with Crippen LogP contribution in [0.2, 0.25) is 0 Å². The van der Waals surface area contributed by atoms with E-state index in [1.807, 2.05) is 36.1 Å². The van der Waals surface area contributed by atoms with Crippen molar-refractivity contribution in [1.82, 2.24) is 24.3 Å². The molecule has 3 aromatic heterocycles. The highest BCUT2D eigenvalue weighted by Crippen LogP contribution is 2.33. The number of carbonyl (C=O) groups is 1. The number of ether oxygens (including phenoxy) is 1. The first-order chi connectivity index (χ1) is 14.0. The molecule has 1 saturated carbocycles. The fourth-order valence-corrected chi connectivity index (χ4v) is 3.93. The van der Waals surface area contributed by atoms with Gasteiger partial charge in [-0.1, -0.05) is 0 Å². The van der Waals surface area contributed by atoms with Crippen LogP contribution in [0.4, 0.5) is 5.82 Å². The van der Waals surface area contributed by atoms with Crippen molar-refractivity contribution in [3.05, 3.63) is 30.6 Å². The summed E-state index contributed by atoms with van der Waals surface area (Å²) in [6, 6.07) is 6.48. The van der Waals surface area contributed by atoms with Gasteiger partial charge < -0.3 is 15.0 Å². The molecule has 1 N–H and O–H groups in total. The molecule has 5 rings (SSSR count). The Morgan fingerprint density at radius 3 is 2.86 bits per heavy atom. The second-order valence-electron chi connectivity index (χ2n) is 8.31. The van der Waals surface area contributed by atoms with Gasteiger partial charge in [0.05, 0.1) is 18.3 Å². The molecular formula is C21H26N6O2. The van der Waals surface area contributed by atoms with Crippen molar-refractivity contribution in [3.63, 3.8) is 0 Å². The minimum atomic E-state index is 0.0619. The molecule has 1 aliphatic heterocycles. The first kappa shape index (κ1) is 18.2. The standard InChI is InChI=1S/C21H26N6O2/c1-13-16(11-25(13)2)12-29-18-10-22-26(3)20(18)15-6-7-27-17(8-15)9-19(24-27)23-21(28)14-4-5-14/h6-10,13-14,16H,4-5,11-12H2,1-3H3,(H,23,24,28)/t13-,16-/m0/s1. The van der Waals surface area contributed by atoms with Gasteiger partial charge >= 0.3 is 0 Å². The maximum absolute atomic E-state index is 12.0. The molecule has 0 aromatic carbocycles. The van der Waals surface area contributed by atoms with Gasteiger partial charge in [-0.3, -0.25) is 9.48 Å². The van der Waals surface area contributed by atoms with Crippen LogP contribution < -0.4 is 10.1 Å². The molecule has 1 saturated heterocycles. The zero-order valence-corrected chi connectivity index (χ0v) is 17.0. The molecule has 4 heterocycles. The molecule has 1 aliphatic carbocycles. The normalized spacial score (nSPS) is 21.9. The van der Waals surface area contributed by atoms with E-state index in [0.29, 0.717) is 24.4 Å². The number of rotatable bonds is 6. The monoisotopic (exact) mass is 394 g/mol. The summed E-state index contributed by atoms with van der Waals surface area (Å²) in [6.07, 6.45) is 5.63. The number of likely N-dealkylation sites (tertiary alicyclic amines) is 1. The maximum atomic E-state index is 12.0. The van der Waals surface area contributed by atoms with Gasteiger partial charge in [-0.2, -0.15) is 10.2 Å². The lowest BCUT2D eigenvalue weighted by atomic mass is 9.92. The second-order valence-corrected chi connectivity index (χ2v) is 8.31. The van der Waals surface area contributed by atoms with Crippen molar-refractivity contribution < 1.29 is 9.53 Å². The number of aryl methyl sites for hydroxylation is 1. The fourth-order valence-electron chi connectivity index (χ4n) is 3.93. The summed E-state index contributed by atoms with van der Waals surface area (Å²) in [5.74, 6) is 2.14. The Balaban J connectivity index is 1.37. The highest BCUT2D eigenvalue weighted by molar-refractivity contribution is 5.93. The number of fused-ring (bicyclic) bond motifs is 1. The van der Waals surface area contributed by atoms with E-state index < -0.39 is 0 Å². The van der Waals surface area contributed by atoms with Crippen LogP contribution in [0.25, 0.3) is 16.8 Å². The lowest BCUT2D eigenvalue weighted by molar-refractivity contribution is -0.117. The first-order valence-corrected chi connectivity index (χ1v) is 10.2. The van der Waals surface area contributed by atoms with E-state index in [1.54, 1.807) is 10.7 Å². The average molecular weight is 394 g/mol. The van der Waals surface area contributed by atoms with Gasteiger partial charge in [-0.05, 0) is 38.9 Å². The Morgan fingerprint density at radius 2 is 2.14 bits per heavy atom. The maximum Gasteiger partial charge on any atom is 0.228 e. The molecule has 8 heteroatoms. The summed E-state index contributed by atoms with van der Waals surface area (Å²) in [5.41, 5.74) is 2.86. The molecule has 0 unspecified atom stereocenters. The zero-order valence-electron chi connectivity index (χ0n) is 17.0. The fraction of sp³-hybridized carbons (Fsp3) is 0.476. The van der Waals surface area contributed by atoms with Gasteiger partial charge in [0, 0.05) is 49.3 Å². The van der Waals surface area contributed by atoms with Gasteiger partial charge in [0.1, 0.15) is 5.69 Å². The molecule has 3 aromatic rings. The van der Waals surface area contributed by atoms with Crippen LogP contribution in [-0.2, 0) is 11.8 Å². The summed E-state index contributed by atoms with van der Waals surface area (Å²) in [6.45, 7) is 3.99. The van der Waals surface area contributed by atoms with E-state index in [-0.39, 0.29) is 11.8 Å². The van der Waals surface area contributed by atoms with Crippen LogP contribution in [0.1, 0.15) is 19.8 Å². The smallest absolute Gasteiger partial charge is 0.228 e. The number of carbonyl (C=O) groups excluding carboxylic acids is 1. The molecule has 8 nitrogen and oxygen atoms in total. The largest absolute Gasteiger partial charge is 0.489 e. The molecule has 0 spiro atoms. The Bertz CT molecular complexity index is 1070. The lowest BCUT2D eigenvalue weighted by Gasteiger charge is -2.43. The minimum Gasteiger partial charge on any atom is -0.489 e. The van der Waals surface area contributed by atoms with E-state index in [1.165, 1.54) is 0 Å². The van der Waals surface area contributed by atoms with Crippen molar-refractivity contribution in [2.75, 3.05) is 25.5 Å². The SMILES string of the molecule is C[C@H]1[C@H](COc2cnn(C)c2-c2ccn3nc(NC(=O)C4CC4)cc3c2)CN1C. The van der Waals surface area contributed by atoms with Crippen LogP contribution in [0.3, 0.4) is 0 Å². The summed E-state index contributed by atoms with van der Waals surface area (Å²) >= 11 is 0. The Morgan fingerprint density at radius 1 is 1.31 bits per heavy atom. The predicted molar refractivity (Wildman–Crippen MR) is 110 cm³/mol. The van der Waals surface area contributed by atoms with Crippen LogP contribution in [0, 0.1) is 11.8 Å². The molecule has 29 heavy (non-hydrogen) atoms. The zero-order chi connectivity index (χ0) is 20.1. The predicted octanol–water partition coefficient (Wildman–Crippen LogP) is 2.41. The third-order valence-electron chi connectivity index (χ3n) is 6.19. The summed E-state index contributed by atoms with van der Waals surface area (Å²) in [4.78, 5) is 14.3. The highest BCUT2D eigenvalue weighted by atomic mass is 16.5. The number of hydrogen-bond acceptors (Lipinski definition) is 5. The van der Waals surface area contributed by atoms with E-state index in [9.17, 15) is 4.79 Å². The van der Waals surface area contributed by atoms with Crippen LogP contribution >= 0.6 is 0 Å². The van der Waals surface area contributed by atoms with Crippen LogP contribution in [-0.4, -0.2) is 56.4 Å². The average Bonchev–Trinajstić information content (AvgIpc) is 3.39. The first-order valence-electron chi connectivity index (χ1n) is 10.2. The van der Waals surface area contributed by atoms with E-state index >= 15 is 0 Å². The lowest BCUT2D eigenvalue weighted by Crippen LogP contribution is -2.54. The molecule has 2 atom stereocenters. The molecule has 152 valence electrons. The van der Waals surface area contributed by atoms with Gasteiger partial charge in [0.25, 0.3) is 0 Å². The van der Waals surface area contributed by atoms with Gasteiger partial charge in [-0.15, -0.1) is 0 Å². The number of anilines is 1. The number of pyridine rings is 1.